The van der Waals surface area contributed by atoms with Gasteiger partial charge in [-0.25, -0.2) is 4.98 Å². The fourth-order valence-corrected chi connectivity index (χ4v) is 3.03. The minimum Gasteiger partial charge on any atom is -0.484 e. The Bertz CT molecular complexity index is 1160. The molecule has 2 heterocycles. The van der Waals surface area contributed by atoms with Crippen molar-refractivity contribution in [2.75, 3.05) is 11.9 Å². The maximum atomic E-state index is 12.4. The van der Waals surface area contributed by atoms with Crippen molar-refractivity contribution in [2.45, 2.75) is 20.8 Å². The quantitative estimate of drug-likeness (QED) is 0.531. The maximum absolute atomic E-state index is 12.4. The summed E-state index contributed by atoms with van der Waals surface area (Å²) in [5.74, 6) is 0.911. The Balaban J connectivity index is 1.49. The lowest BCUT2D eigenvalue weighted by Crippen LogP contribution is -2.20. The molecule has 2 aromatic heterocycles. The molecule has 0 saturated heterocycles. The molecule has 4 aromatic rings. The van der Waals surface area contributed by atoms with Crippen LogP contribution >= 0.6 is 0 Å². The van der Waals surface area contributed by atoms with Gasteiger partial charge in [-0.05, 0) is 73.9 Å². The third-order valence-electron chi connectivity index (χ3n) is 4.85. The number of nitrogens with zero attached hydrogens (tertiary/aromatic N) is 2. The zero-order chi connectivity index (χ0) is 20.4. The molecule has 2 aromatic carbocycles. The number of anilines is 1. The molecule has 4 rings (SSSR count). The highest BCUT2D eigenvalue weighted by Crippen LogP contribution is 2.30. The second kappa shape index (κ2) is 7.75. The summed E-state index contributed by atoms with van der Waals surface area (Å²) >= 11 is 0. The average molecular weight is 387 g/mol. The van der Waals surface area contributed by atoms with Crippen LogP contribution in [0, 0.1) is 20.8 Å². The van der Waals surface area contributed by atoms with E-state index in [1.54, 1.807) is 12.3 Å². The van der Waals surface area contributed by atoms with Crippen LogP contribution < -0.4 is 10.1 Å². The van der Waals surface area contributed by atoms with E-state index in [4.69, 9.17) is 9.15 Å². The lowest BCUT2D eigenvalue weighted by atomic mass is 10.1. The molecule has 0 aliphatic carbocycles. The van der Waals surface area contributed by atoms with E-state index in [9.17, 15) is 4.79 Å². The fourth-order valence-electron chi connectivity index (χ4n) is 3.03. The molecule has 0 aliphatic rings. The number of benzene rings is 2. The number of carbonyl (C=O) groups is 1. The summed E-state index contributed by atoms with van der Waals surface area (Å²) in [6, 6.07) is 15.0. The van der Waals surface area contributed by atoms with E-state index < -0.39 is 0 Å². The van der Waals surface area contributed by atoms with Gasteiger partial charge >= 0.3 is 0 Å². The Labute approximate surface area is 168 Å². The third kappa shape index (κ3) is 3.96. The highest BCUT2D eigenvalue weighted by Gasteiger charge is 2.14. The molecule has 6 heteroatoms. The average Bonchev–Trinajstić information content (AvgIpc) is 3.14. The largest absolute Gasteiger partial charge is 0.484 e. The lowest BCUT2D eigenvalue weighted by molar-refractivity contribution is -0.118. The molecule has 0 fully saturated rings. The van der Waals surface area contributed by atoms with Gasteiger partial charge in [0.05, 0.1) is 0 Å². The van der Waals surface area contributed by atoms with Gasteiger partial charge in [0, 0.05) is 17.4 Å². The van der Waals surface area contributed by atoms with Crippen molar-refractivity contribution >= 4 is 22.8 Å². The third-order valence-corrected chi connectivity index (χ3v) is 4.85. The number of aryl methyl sites for hydroxylation is 2. The van der Waals surface area contributed by atoms with Crippen molar-refractivity contribution in [1.29, 1.82) is 0 Å². The molecule has 0 saturated carbocycles. The Morgan fingerprint density at radius 1 is 1.07 bits per heavy atom. The van der Waals surface area contributed by atoms with Crippen LogP contribution in [0.5, 0.6) is 5.75 Å². The van der Waals surface area contributed by atoms with Gasteiger partial charge in [-0.2, -0.15) is 4.98 Å². The van der Waals surface area contributed by atoms with E-state index in [1.807, 2.05) is 63.2 Å². The number of rotatable bonds is 5. The number of hydrogen-bond donors (Lipinski definition) is 1. The molecular weight excluding hydrogens is 366 g/mol. The summed E-state index contributed by atoms with van der Waals surface area (Å²) in [6.07, 6.45) is 1.67. The molecule has 29 heavy (non-hydrogen) atoms. The maximum Gasteiger partial charge on any atom is 0.262 e. The highest BCUT2D eigenvalue weighted by atomic mass is 16.5. The second-order valence-electron chi connectivity index (χ2n) is 6.91. The Hall–Kier alpha value is -3.67. The van der Waals surface area contributed by atoms with E-state index in [-0.39, 0.29) is 12.5 Å². The summed E-state index contributed by atoms with van der Waals surface area (Å²) < 4.78 is 11.4. The molecule has 1 amide bonds. The first-order valence-electron chi connectivity index (χ1n) is 9.33. The molecule has 146 valence electrons. The van der Waals surface area contributed by atoms with Crippen molar-refractivity contribution in [2.24, 2.45) is 0 Å². The number of carbonyl (C=O) groups excluding carboxylic acids is 1. The predicted molar refractivity (Wildman–Crippen MR) is 112 cm³/mol. The first-order valence-corrected chi connectivity index (χ1v) is 9.33. The van der Waals surface area contributed by atoms with Crippen molar-refractivity contribution in [3.05, 3.63) is 71.4 Å². The Morgan fingerprint density at radius 3 is 2.72 bits per heavy atom. The smallest absolute Gasteiger partial charge is 0.262 e. The van der Waals surface area contributed by atoms with Crippen LogP contribution in [0.3, 0.4) is 0 Å². The summed E-state index contributed by atoms with van der Waals surface area (Å²) in [7, 11) is 0. The predicted octanol–water partition coefficient (Wildman–Crippen LogP) is 4.83. The standard InChI is InChI=1S/C23H21N3O3/c1-14-9-10-17(12-15(14)2)28-13-21(27)25-19-7-4-6-18(16(19)3)23-26-22-20(29-23)8-5-11-24-22/h4-12H,13H2,1-3H3,(H,25,27). The van der Waals surface area contributed by atoms with Gasteiger partial charge in [0.2, 0.25) is 5.89 Å². The van der Waals surface area contributed by atoms with E-state index in [1.165, 1.54) is 5.56 Å². The fraction of sp³-hybridized carbons (Fsp3) is 0.174. The van der Waals surface area contributed by atoms with Crippen molar-refractivity contribution < 1.29 is 13.9 Å². The van der Waals surface area contributed by atoms with Crippen LogP contribution in [0.25, 0.3) is 22.7 Å². The zero-order valence-electron chi connectivity index (χ0n) is 16.5. The normalized spacial score (nSPS) is 10.9. The lowest BCUT2D eigenvalue weighted by Gasteiger charge is -2.12. The SMILES string of the molecule is Cc1ccc(OCC(=O)Nc2cccc(-c3nc4ncccc4o3)c2C)cc1C. The number of hydrogen-bond acceptors (Lipinski definition) is 5. The van der Waals surface area contributed by atoms with Gasteiger partial charge in [0.1, 0.15) is 5.75 Å². The van der Waals surface area contributed by atoms with E-state index >= 15 is 0 Å². The number of aromatic nitrogens is 2. The molecule has 0 radical (unpaired) electrons. The van der Waals surface area contributed by atoms with Crippen LogP contribution in [-0.2, 0) is 4.79 Å². The Kier molecular flexibility index (Phi) is 4.99. The number of amides is 1. The van der Waals surface area contributed by atoms with Crippen LogP contribution in [0.15, 0.2) is 59.1 Å². The summed E-state index contributed by atoms with van der Waals surface area (Å²) in [5.41, 5.74) is 5.83. The number of oxazole rings is 1. The van der Waals surface area contributed by atoms with Gasteiger partial charge in [-0.1, -0.05) is 12.1 Å². The summed E-state index contributed by atoms with van der Waals surface area (Å²) in [6.45, 7) is 5.89. The van der Waals surface area contributed by atoms with Crippen LogP contribution in [0.2, 0.25) is 0 Å². The molecule has 0 spiro atoms. The molecule has 1 N–H and O–H groups in total. The van der Waals surface area contributed by atoms with Gasteiger partial charge in [-0.3, -0.25) is 4.79 Å². The highest BCUT2D eigenvalue weighted by molar-refractivity contribution is 5.93. The van der Waals surface area contributed by atoms with Gasteiger partial charge in [0.25, 0.3) is 5.91 Å². The second-order valence-corrected chi connectivity index (χ2v) is 6.91. The first kappa shape index (κ1) is 18.7. The topological polar surface area (TPSA) is 77.2 Å². The Morgan fingerprint density at radius 2 is 1.93 bits per heavy atom. The molecule has 0 bridgehead atoms. The number of fused-ring (bicyclic) bond motifs is 1. The van der Waals surface area contributed by atoms with Gasteiger partial charge < -0.3 is 14.5 Å². The molecule has 0 atom stereocenters. The van der Waals surface area contributed by atoms with Gasteiger partial charge in [-0.15, -0.1) is 0 Å². The zero-order valence-corrected chi connectivity index (χ0v) is 16.5. The van der Waals surface area contributed by atoms with Crippen LogP contribution in [0.4, 0.5) is 5.69 Å². The summed E-state index contributed by atoms with van der Waals surface area (Å²) in [4.78, 5) is 21.0. The van der Waals surface area contributed by atoms with Gasteiger partial charge in [0.15, 0.2) is 17.8 Å². The monoisotopic (exact) mass is 387 g/mol. The summed E-state index contributed by atoms with van der Waals surface area (Å²) in [5, 5.41) is 2.90. The van der Waals surface area contributed by atoms with Crippen LogP contribution in [0.1, 0.15) is 16.7 Å². The molecule has 6 nitrogen and oxygen atoms in total. The first-order chi connectivity index (χ1) is 14.0. The van der Waals surface area contributed by atoms with Crippen LogP contribution in [-0.4, -0.2) is 22.5 Å². The molecule has 0 unspecified atom stereocenters. The van der Waals surface area contributed by atoms with Crippen molar-refractivity contribution in [1.82, 2.24) is 9.97 Å². The molecule has 0 aliphatic heterocycles. The minimum atomic E-state index is -0.234. The van der Waals surface area contributed by atoms with E-state index in [2.05, 4.69) is 15.3 Å². The number of nitrogens with one attached hydrogen (secondary N) is 1. The minimum absolute atomic E-state index is 0.0705. The van der Waals surface area contributed by atoms with E-state index in [0.717, 1.165) is 16.7 Å². The van der Waals surface area contributed by atoms with Crippen molar-refractivity contribution in [3.8, 4) is 17.2 Å². The molecular formula is C23H21N3O3. The number of pyridine rings is 1. The number of ether oxygens (including phenoxy) is 1. The van der Waals surface area contributed by atoms with E-state index in [0.29, 0.717) is 28.6 Å². The van der Waals surface area contributed by atoms with Crippen molar-refractivity contribution in [3.63, 3.8) is 0 Å².